The fourth-order valence-electron chi connectivity index (χ4n) is 1.98. The first-order valence-corrected chi connectivity index (χ1v) is 6.41. The minimum Gasteiger partial charge on any atom is -0.507 e. The van der Waals surface area contributed by atoms with Crippen LogP contribution in [0.15, 0.2) is 36.4 Å². The van der Waals surface area contributed by atoms with Crippen LogP contribution < -0.4 is 0 Å². The van der Waals surface area contributed by atoms with Gasteiger partial charge < -0.3 is 10.1 Å². The molecule has 21 heavy (non-hydrogen) atoms. The number of nitrogens with zero attached hydrogens (tertiary/aromatic N) is 1. The van der Waals surface area contributed by atoms with Gasteiger partial charge in [-0.15, -0.1) is 0 Å². The quantitative estimate of drug-likeness (QED) is 0.682. The monoisotopic (exact) mass is 306 g/mol. The fraction of sp³-hybridized carbons (Fsp3) is 0. The number of aromatic amines is 1. The lowest BCUT2D eigenvalue weighted by molar-refractivity contribution is 0.511. The summed E-state index contributed by atoms with van der Waals surface area (Å²) in [5, 5.41) is 10.5. The van der Waals surface area contributed by atoms with Gasteiger partial charge in [-0.2, -0.15) is 0 Å². The molecule has 0 aliphatic rings. The molecule has 3 rings (SSSR count). The highest BCUT2D eigenvalue weighted by atomic mass is 35.5. The molecule has 3 aromatic rings. The lowest BCUT2D eigenvalue weighted by Gasteiger charge is -2.00. The van der Waals surface area contributed by atoms with E-state index in [1.165, 1.54) is 6.08 Å². The molecule has 0 atom stereocenters. The Hall–Kier alpha value is -2.40. The normalized spacial score (nSPS) is 12.0. The van der Waals surface area contributed by atoms with Crippen molar-refractivity contribution in [1.82, 2.24) is 9.97 Å². The van der Waals surface area contributed by atoms with Crippen molar-refractivity contribution >= 4 is 34.5 Å². The lowest BCUT2D eigenvalue weighted by Crippen LogP contribution is -1.88. The van der Waals surface area contributed by atoms with Crippen LogP contribution >= 0.6 is 11.6 Å². The Balaban J connectivity index is 2.02. The van der Waals surface area contributed by atoms with Crippen LogP contribution in [0.5, 0.6) is 0 Å². The van der Waals surface area contributed by atoms with Gasteiger partial charge in [0.15, 0.2) is 0 Å². The SMILES string of the molecule is O/C(=C\c1nc2ccc(Cl)cc2[nH]1)c1cc(F)cc(F)c1. The second-order valence-electron chi connectivity index (χ2n) is 4.47. The predicted octanol–water partition coefficient (Wildman–Crippen LogP) is 4.55. The number of aliphatic hydroxyl groups excluding tert-OH is 1. The number of rotatable bonds is 2. The first kappa shape index (κ1) is 13.6. The zero-order valence-electron chi connectivity index (χ0n) is 10.6. The molecular formula is C15H9ClF2N2O. The smallest absolute Gasteiger partial charge is 0.134 e. The molecule has 0 amide bonds. The molecule has 0 saturated carbocycles. The molecule has 0 spiro atoms. The Labute approximate surface area is 123 Å². The second-order valence-corrected chi connectivity index (χ2v) is 4.91. The maximum atomic E-state index is 13.1. The number of imidazole rings is 1. The molecule has 0 radical (unpaired) electrons. The average Bonchev–Trinajstić information content (AvgIpc) is 2.78. The van der Waals surface area contributed by atoms with Gasteiger partial charge in [-0.05, 0) is 30.3 Å². The number of halogens is 3. The van der Waals surface area contributed by atoms with Crippen LogP contribution in [0.1, 0.15) is 11.4 Å². The van der Waals surface area contributed by atoms with Gasteiger partial charge >= 0.3 is 0 Å². The number of hydrogen-bond donors (Lipinski definition) is 2. The molecule has 1 heterocycles. The number of benzene rings is 2. The summed E-state index contributed by atoms with van der Waals surface area (Å²) in [7, 11) is 0. The topological polar surface area (TPSA) is 48.9 Å². The average molecular weight is 307 g/mol. The van der Waals surface area contributed by atoms with Gasteiger partial charge in [0.25, 0.3) is 0 Å². The number of aliphatic hydroxyl groups is 1. The third kappa shape index (κ3) is 2.87. The van der Waals surface area contributed by atoms with Crippen molar-refractivity contribution < 1.29 is 13.9 Å². The molecule has 3 nitrogen and oxygen atoms in total. The minimum absolute atomic E-state index is 0.0333. The summed E-state index contributed by atoms with van der Waals surface area (Å²) in [5.41, 5.74) is 1.40. The van der Waals surface area contributed by atoms with Gasteiger partial charge in [0, 0.05) is 22.7 Å². The molecule has 0 saturated heterocycles. The zero-order chi connectivity index (χ0) is 15.0. The molecule has 0 bridgehead atoms. The number of H-pyrrole nitrogens is 1. The molecule has 0 fully saturated rings. The molecule has 0 unspecified atom stereocenters. The number of nitrogens with one attached hydrogen (secondary N) is 1. The van der Waals surface area contributed by atoms with Crippen molar-refractivity contribution in [2.45, 2.75) is 0 Å². The van der Waals surface area contributed by atoms with Crippen molar-refractivity contribution in [1.29, 1.82) is 0 Å². The van der Waals surface area contributed by atoms with Crippen LogP contribution in [0.3, 0.4) is 0 Å². The maximum absolute atomic E-state index is 13.1. The highest BCUT2D eigenvalue weighted by Gasteiger charge is 2.07. The van der Waals surface area contributed by atoms with E-state index in [-0.39, 0.29) is 11.3 Å². The van der Waals surface area contributed by atoms with E-state index in [2.05, 4.69) is 9.97 Å². The molecular weight excluding hydrogens is 298 g/mol. The fourth-order valence-corrected chi connectivity index (χ4v) is 2.16. The van der Waals surface area contributed by atoms with E-state index in [4.69, 9.17) is 11.6 Å². The van der Waals surface area contributed by atoms with E-state index in [1.807, 2.05) is 0 Å². The van der Waals surface area contributed by atoms with Gasteiger partial charge in [0.1, 0.15) is 23.2 Å². The molecule has 2 aromatic carbocycles. The number of hydrogen-bond acceptors (Lipinski definition) is 2. The Morgan fingerprint density at radius 1 is 1.14 bits per heavy atom. The maximum Gasteiger partial charge on any atom is 0.134 e. The van der Waals surface area contributed by atoms with Crippen molar-refractivity contribution in [3.8, 4) is 0 Å². The second kappa shape index (κ2) is 5.18. The van der Waals surface area contributed by atoms with Crippen molar-refractivity contribution in [3.63, 3.8) is 0 Å². The minimum atomic E-state index is -0.763. The molecule has 6 heteroatoms. The summed E-state index contributed by atoms with van der Waals surface area (Å²) < 4.78 is 26.2. The van der Waals surface area contributed by atoms with Crippen LogP contribution in [-0.4, -0.2) is 15.1 Å². The van der Waals surface area contributed by atoms with Crippen LogP contribution in [0.4, 0.5) is 8.78 Å². The van der Waals surface area contributed by atoms with Crippen molar-refractivity contribution in [2.75, 3.05) is 0 Å². The van der Waals surface area contributed by atoms with E-state index in [1.54, 1.807) is 18.2 Å². The number of aromatic nitrogens is 2. The van der Waals surface area contributed by atoms with Gasteiger partial charge in [-0.25, -0.2) is 13.8 Å². The third-order valence-corrected chi connectivity index (χ3v) is 3.13. The van der Waals surface area contributed by atoms with Gasteiger partial charge in [0.05, 0.1) is 11.0 Å². The Morgan fingerprint density at radius 3 is 2.57 bits per heavy atom. The zero-order valence-corrected chi connectivity index (χ0v) is 11.3. The highest BCUT2D eigenvalue weighted by molar-refractivity contribution is 6.31. The summed E-state index contributed by atoms with van der Waals surface area (Å²) in [6.07, 6.45) is 1.29. The Morgan fingerprint density at radius 2 is 1.86 bits per heavy atom. The molecule has 106 valence electrons. The van der Waals surface area contributed by atoms with Gasteiger partial charge in [-0.3, -0.25) is 0 Å². The predicted molar refractivity (Wildman–Crippen MR) is 78.0 cm³/mol. The van der Waals surface area contributed by atoms with Crippen molar-refractivity contribution in [3.05, 3.63) is 64.4 Å². The van der Waals surface area contributed by atoms with Crippen LogP contribution in [0.25, 0.3) is 22.9 Å². The largest absolute Gasteiger partial charge is 0.507 e. The van der Waals surface area contributed by atoms with E-state index >= 15 is 0 Å². The van der Waals surface area contributed by atoms with Crippen LogP contribution in [0.2, 0.25) is 5.02 Å². The van der Waals surface area contributed by atoms with Gasteiger partial charge in [0.2, 0.25) is 0 Å². The summed E-state index contributed by atoms with van der Waals surface area (Å²) in [4.78, 5) is 7.17. The van der Waals surface area contributed by atoms with E-state index < -0.39 is 11.6 Å². The summed E-state index contributed by atoms with van der Waals surface area (Å²) >= 11 is 5.87. The van der Waals surface area contributed by atoms with Gasteiger partial charge in [-0.1, -0.05) is 11.6 Å². The highest BCUT2D eigenvalue weighted by Crippen LogP contribution is 2.21. The molecule has 1 aromatic heterocycles. The Bertz CT molecular complexity index is 838. The van der Waals surface area contributed by atoms with E-state index in [9.17, 15) is 13.9 Å². The van der Waals surface area contributed by atoms with Crippen molar-refractivity contribution in [2.24, 2.45) is 0 Å². The van der Waals surface area contributed by atoms with Crippen LogP contribution in [0, 0.1) is 11.6 Å². The lowest BCUT2D eigenvalue weighted by atomic mass is 10.1. The molecule has 0 aliphatic carbocycles. The molecule has 0 aliphatic heterocycles. The first-order chi connectivity index (χ1) is 10.0. The standard InChI is InChI=1S/C15H9ClF2N2O/c16-9-1-2-12-13(5-9)20-15(19-12)7-14(21)8-3-10(17)6-11(18)4-8/h1-7,21H,(H,19,20)/b14-7-. The third-order valence-electron chi connectivity index (χ3n) is 2.89. The van der Waals surface area contributed by atoms with Crippen LogP contribution in [-0.2, 0) is 0 Å². The summed E-state index contributed by atoms with van der Waals surface area (Å²) in [6, 6.07) is 7.92. The number of fused-ring (bicyclic) bond motifs is 1. The summed E-state index contributed by atoms with van der Waals surface area (Å²) in [6.45, 7) is 0. The van der Waals surface area contributed by atoms with E-state index in [0.29, 0.717) is 21.9 Å². The summed E-state index contributed by atoms with van der Waals surface area (Å²) in [5.74, 6) is -1.46. The van der Waals surface area contributed by atoms with E-state index in [0.717, 1.165) is 18.2 Å². The first-order valence-electron chi connectivity index (χ1n) is 6.04. The molecule has 2 N–H and O–H groups in total. The Kier molecular flexibility index (Phi) is 3.35.